The first-order valence-electron chi connectivity index (χ1n) is 8.04. The maximum absolute atomic E-state index is 12.3. The van der Waals surface area contributed by atoms with Gasteiger partial charge in [-0.3, -0.25) is 4.79 Å². The lowest BCUT2D eigenvalue weighted by Gasteiger charge is -2.22. The van der Waals surface area contributed by atoms with E-state index in [4.69, 9.17) is 17.0 Å². The second kappa shape index (κ2) is 6.71. The van der Waals surface area contributed by atoms with Crippen LogP contribution in [0.2, 0.25) is 0 Å². The van der Waals surface area contributed by atoms with E-state index in [1.54, 1.807) is 0 Å². The molecule has 1 aliphatic heterocycles. The number of nitrogens with one attached hydrogen (secondary N) is 1. The van der Waals surface area contributed by atoms with Crippen molar-refractivity contribution in [2.45, 2.75) is 32.1 Å². The van der Waals surface area contributed by atoms with E-state index < -0.39 is 0 Å². The summed E-state index contributed by atoms with van der Waals surface area (Å²) in [5.41, 5.74) is 3.32. The predicted molar refractivity (Wildman–Crippen MR) is 95.8 cm³/mol. The van der Waals surface area contributed by atoms with Gasteiger partial charge >= 0.3 is 5.97 Å². The van der Waals surface area contributed by atoms with Gasteiger partial charge in [0, 0.05) is 29.7 Å². The minimum atomic E-state index is -0.229. The number of hydrogen-bond acceptors (Lipinski definition) is 3. The van der Waals surface area contributed by atoms with Crippen molar-refractivity contribution in [3.05, 3.63) is 35.5 Å². The van der Waals surface area contributed by atoms with Crippen molar-refractivity contribution in [3.8, 4) is 0 Å². The molecule has 0 aliphatic carbocycles. The predicted octanol–water partition coefficient (Wildman–Crippen LogP) is 3.41. The van der Waals surface area contributed by atoms with E-state index in [0.29, 0.717) is 0 Å². The standard InChI is InChI=1S/C18H22N2O2S/c1-12(23)20-10-5-7-15(18(21)22-2)17-14(9-11-20)13-6-3-4-8-16(13)19-17/h3-4,6,8,15,19H,5,7,9-11H2,1-2H3. The molecule has 0 saturated carbocycles. The van der Waals surface area contributed by atoms with Gasteiger partial charge in [0.15, 0.2) is 0 Å². The fourth-order valence-corrected chi connectivity index (χ4v) is 3.65. The molecular weight excluding hydrogens is 308 g/mol. The zero-order chi connectivity index (χ0) is 16.4. The molecule has 2 aromatic rings. The smallest absolute Gasteiger partial charge is 0.314 e. The number of hydrogen-bond donors (Lipinski definition) is 1. The Morgan fingerprint density at radius 2 is 2.13 bits per heavy atom. The SMILES string of the molecule is COC(=O)C1CCCN(C(C)=S)CCc2c1[nH]c1ccccc21. The Morgan fingerprint density at radius 1 is 1.35 bits per heavy atom. The molecule has 122 valence electrons. The fourth-order valence-electron chi connectivity index (χ4n) is 3.47. The highest BCUT2D eigenvalue weighted by atomic mass is 32.1. The Bertz CT molecular complexity index is 738. The Kier molecular flexibility index (Phi) is 4.66. The van der Waals surface area contributed by atoms with Crippen LogP contribution in [0.25, 0.3) is 10.9 Å². The second-order valence-electron chi connectivity index (χ2n) is 6.04. The number of aromatic amines is 1. The van der Waals surface area contributed by atoms with Crippen molar-refractivity contribution in [1.82, 2.24) is 9.88 Å². The van der Waals surface area contributed by atoms with Crippen LogP contribution >= 0.6 is 12.2 Å². The Balaban J connectivity index is 2.08. The highest BCUT2D eigenvalue weighted by Crippen LogP contribution is 2.32. The van der Waals surface area contributed by atoms with Crippen molar-refractivity contribution >= 4 is 34.1 Å². The van der Waals surface area contributed by atoms with Crippen LogP contribution in [-0.4, -0.2) is 41.0 Å². The summed E-state index contributed by atoms with van der Waals surface area (Å²) in [4.78, 5) is 18.9. The topological polar surface area (TPSA) is 45.3 Å². The molecule has 0 amide bonds. The van der Waals surface area contributed by atoms with Gasteiger partial charge in [0.25, 0.3) is 0 Å². The molecule has 1 atom stereocenters. The summed E-state index contributed by atoms with van der Waals surface area (Å²) < 4.78 is 5.06. The quantitative estimate of drug-likeness (QED) is 0.643. The molecule has 4 nitrogen and oxygen atoms in total. The van der Waals surface area contributed by atoms with E-state index in [1.807, 2.05) is 19.1 Å². The minimum absolute atomic E-state index is 0.162. The van der Waals surface area contributed by atoms with E-state index in [1.165, 1.54) is 18.1 Å². The first kappa shape index (κ1) is 16.0. The summed E-state index contributed by atoms with van der Waals surface area (Å²) in [6, 6.07) is 8.23. The molecule has 3 rings (SSSR count). The summed E-state index contributed by atoms with van der Waals surface area (Å²) in [5, 5.41) is 1.19. The molecule has 1 unspecified atom stereocenters. The monoisotopic (exact) mass is 330 g/mol. The highest BCUT2D eigenvalue weighted by Gasteiger charge is 2.28. The maximum atomic E-state index is 12.3. The number of benzene rings is 1. The van der Waals surface area contributed by atoms with Gasteiger partial charge in [0.1, 0.15) is 0 Å². The van der Waals surface area contributed by atoms with Crippen LogP contribution in [0.15, 0.2) is 24.3 Å². The van der Waals surface area contributed by atoms with Gasteiger partial charge in [0.05, 0.1) is 18.0 Å². The normalized spacial score (nSPS) is 18.7. The number of ether oxygens (including phenoxy) is 1. The van der Waals surface area contributed by atoms with E-state index in [-0.39, 0.29) is 11.9 Å². The zero-order valence-electron chi connectivity index (χ0n) is 13.6. The van der Waals surface area contributed by atoms with Crippen molar-refractivity contribution in [1.29, 1.82) is 0 Å². The molecule has 0 spiro atoms. The van der Waals surface area contributed by atoms with Crippen LogP contribution in [0.4, 0.5) is 0 Å². The first-order valence-corrected chi connectivity index (χ1v) is 8.45. The third-order valence-corrected chi connectivity index (χ3v) is 4.94. The van der Waals surface area contributed by atoms with Gasteiger partial charge in [-0.1, -0.05) is 30.4 Å². The van der Waals surface area contributed by atoms with Crippen LogP contribution in [-0.2, 0) is 16.0 Å². The van der Waals surface area contributed by atoms with Crippen molar-refractivity contribution in [3.63, 3.8) is 0 Å². The lowest BCUT2D eigenvalue weighted by molar-refractivity contribution is -0.142. The number of thiocarbonyl (C=S) groups is 1. The molecule has 1 aromatic carbocycles. The molecule has 23 heavy (non-hydrogen) atoms. The first-order chi connectivity index (χ1) is 11.1. The molecule has 2 heterocycles. The van der Waals surface area contributed by atoms with Gasteiger partial charge in [-0.05, 0) is 37.8 Å². The third-order valence-electron chi connectivity index (χ3n) is 4.68. The van der Waals surface area contributed by atoms with E-state index in [0.717, 1.165) is 48.6 Å². The molecule has 0 saturated heterocycles. The molecular formula is C18H22N2O2S. The van der Waals surface area contributed by atoms with Crippen LogP contribution in [0.5, 0.6) is 0 Å². The largest absolute Gasteiger partial charge is 0.469 e. The Labute approximate surface area is 141 Å². The molecule has 1 aromatic heterocycles. The Hall–Kier alpha value is -1.88. The van der Waals surface area contributed by atoms with E-state index >= 15 is 0 Å². The number of rotatable bonds is 1. The molecule has 5 heteroatoms. The van der Waals surface area contributed by atoms with Crippen molar-refractivity contribution in [2.75, 3.05) is 20.2 Å². The molecule has 0 radical (unpaired) electrons. The second-order valence-corrected chi connectivity index (χ2v) is 6.63. The van der Waals surface area contributed by atoms with Crippen molar-refractivity contribution in [2.24, 2.45) is 0 Å². The summed E-state index contributed by atoms with van der Waals surface area (Å²) in [7, 11) is 1.46. The number of aromatic nitrogens is 1. The molecule has 0 bridgehead atoms. The molecule has 1 N–H and O–H groups in total. The maximum Gasteiger partial charge on any atom is 0.314 e. The highest BCUT2D eigenvalue weighted by molar-refractivity contribution is 7.80. The minimum Gasteiger partial charge on any atom is -0.469 e. The average Bonchev–Trinajstić information content (AvgIpc) is 2.94. The van der Waals surface area contributed by atoms with Gasteiger partial charge in [-0.25, -0.2) is 0 Å². The summed E-state index contributed by atoms with van der Waals surface area (Å²) in [6.07, 6.45) is 2.56. The number of esters is 1. The number of nitrogens with zero attached hydrogens (tertiary/aromatic N) is 1. The summed E-state index contributed by atoms with van der Waals surface area (Å²) in [5.74, 6) is -0.391. The number of carbonyl (C=O) groups is 1. The number of H-pyrrole nitrogens is 1. The van der Waals surface area contributed by atoms with Gasteiger partial charge in [-0.2, -0.15) is 0 Å². The van der Waals surface area contributed by atoms with Gasteiger partial charge < -0.3 is 14.6 Å². The van der Waals surface area contributed by atoms with Crippen LogP contribution < -0.4 is 0 Å². The Morgan fingerprint density at radius 3 is 2.87 bits per heavy atom. The number of para-hydroxylation sites is 1. The van der Waals surface area contributed by atoms with Gasteiger partial charge in [0.2, 0.25) is 0 Å². The average molecular weight is 330 g/mol. The molecule has 1 aliphatic rings. The summed E-state index contributed by atoms with van der Waals surface area (Å²) in [6.45, 7) is 3.75. The number of fused-ring (bicyclic) bond motifs is 3. The van der Waals surface area contributed by atoms with Gasteiger partial charge in [-0.15, -0.1) is 0 Å². The van der Waals surface area contributed by atoms with Crippen molar-refractivity contribution < 1.29 is 9.53 Å². The third kappa shape index (κ3) is 3.11. The summed E-state index contributed by atoms with van der Waals surface area (Å²) >= 11 is 5.37. The number of methoxy groups -OCH3 is 1. The fraction of sp³-hybridized carbons (Fsp3) is 0.444. The zero-order valence-corrected chi connectivity index (χ0v) is 14.4. The number of carbonyl (C=O) groups excluding carboxylic acids is 1. The van der Waals surface area contributed by atoms with Crippen LogP contribution in [0, 0.1) is 0 Å². The van der Waals surface area contributed by atoms with Crippen LogP contribution in [0.1, 0.15) is 36.9 Å². The lowest BCUT2D eigenvalue weighted by atomic mass is 9.95. The molecule has 0 fully saturated rings. The van der Waals surface area contributed by atoms with E-state index in [2.05, 4.69) is 22.0 Å². The van der Waals surface area contributed by atoms with Crippen LogP contribution in [0.3, 0.4) is 0 Å². The lowest BCUT2D eigenvalue weighted by Crippen LogP contribution is -2.30. The van der Waals surface area contributed by atoms with E-state index in [9.17, 15) is 4.79 Å².